The van der Waals surface area contributed by atoms with Crippen molar-refractivity contribution in [2.45, 2.75) is 24.8 Å². The van der Waals surface area contributed by atoms with Gasteiger partial charge in [-0.2, -0.15) is 15.0 Å². The lowest BCUT2D eigenvalue weighted by Gasteiger charge is -2.12. The number of nitrogens with zero attached hydrogens (tertiary/aromatic N) is 7. The van der Waals surface area contributed by atoms with Gasteiger partial charge in [0.1, 0.15) is 12.2 Å². The first-order chi connectivity index (χ1) is 11.9. The molecule has 25 heavy (non-hydrogen) atoms. The third-order valence-corrected chi connectivity index (χ3v) is 4.48. The minimum absolute atomic E-state index is 0.213. The van der Waals surface area contributed by atoms with Gasteiger partial charge in [0, 0.05) is 14.1 Å². The molecule has 0 bridgehead atoms. The molecule has 0 fully saturated rings. The van der Waals surface area contributed by atoms with Crippen LogP contribution in [0.5, 0.6) is 0 Å². The molecule has 2 aromatic heterocycles. The molecule has 0 saturated carbocycles. The maximum atomic E-state index is 5.77. The van der Waals surface area contributed by atoms with E-state index in [0.29, 0.717) is 17.5 Å². The first kappa shape index (κ1) is 17.2. The van der Waals surface area contributed by atoms with Gasteiger partial charge in [-0.1, -0.05) is 29.5 Å². The van der Waals surface area contributed by atoms with Gasteiger partial charge in [-0.15, -0.1) is 10.2 Å². The van der Waals surface area contributed by atoms with Crippen LogP contribution in [0.2, 0.25) is 0 Å². The summed E-state index contributed by atoms with van der Waals surface area (Å²) >= 11 is 1.51. The van der Waals surface area contributed by atoms with Crippen molar-refractivity contribution in [1.29, 1.82) is 0 Å². The molecule has 9 heteroatoms. The molecule has 130 valence electrons. The molecule has 0 amide bonds. The van der Waals surface area contributed by atoms with E-state index >= 15 is 0 Å². The second-order valence-corrected chi connectivity index (χ2v) is 6.81. The van der Waals surface area contributed by atoms with Crippen LogP contribution < -0.4 is 10.6 Å². The third-order valence-electron chi connectivity index (χ3n) is 3.55. The summed E-state index contributed by atoms with van der Waals surface area (Å²) in [7, 11) is 3.73. The van der Waals surface area contributed by atoms with Crippen LogP contribution >= 0.6 is 11.8 Å². The second kappa shape index (κ2) is 7.06. The molecule has 0 spiro atoms. The van der Waals surface area contributed by atoms with Gasteiger partial charge in [-0.3, -0.25) is 4.57 Å². The zero-order chi connectivity index (χ0) is 18.0. The standard InChI is InChI=1S/C16H20N8S/c1-10-5-6-12(11(2)7-10)24-9-18-22-16(24)25-8-13-19-14(17)21-15(20-13)23(3)4/h5-7,9H,8H2,1-4H3,(H2,17,19,20,21). The fourth-order valence-corrected chi connectivity index (χ4v) is 3.16. The number of benzene rings is 1. The molecule has 0 atom stereocenters. The number of aromatic nitrogens is 6. The Hall–Kier alpha value is -2.68. The predicted molar refractivity (Wildman–Crippen MR) is 99.0 cm³/mol. The van der Waals surface area contributed by atoms with E-state index < -0.39 is 0 Å². The fraction of sp³-hybridized carbons (Fsp3) is 0.312. The molecule has 0 unspecified atom stereocenters. The van der Waals surface area contributed by atoms with Crippen molar-refractivity contribution >= 4 is 23.7 Å². The summed E-state index contributed by atoms with van der Waals surface area (Å²) in [5.74, 6) is 1.89. The van der Waals surface area contributed by atoms with Crippen molar-refractivity contribution in [2.75, 3.05) is 24.7 Å². The van der Waals surface area contributed by atoms with Gasteiger partial charge in [0.25, 0.3) is 0 Å². The highest BCUT2D eigenvalue weighted by Crippen LogP contribution is 2.25. The quantitative estimate of drug-likeness (QED) is 0.693. The Balaban J connectivity index is 1.83. The summed E-state index contributed by atoms with van der Waals surface area (Å²) in [4.78, 5) is 14.5. The summed E-state index contributed by atoms with van der Waals surface area (Å²) in [5.41, 5.74) is 9.22. The minimum Gasteiger partial charge on any atom is -0.368 e. The monoisotopic (exact) mass is 356 g/mol. The van der Waals surface area contributed by atoms with Crippen LogP contribution in [0.15, 0.2) is 29.7 Å². The topological polar surface area (TPSA) is 98.6 Å². The average Bonchev–Trinajstić information content (AvgIpc) is 3.00. The number of nitrogens with two attached hydrogens (primary N) is 1. The van der Waals surface area contributed by atoms with Crippen LogP contribution in [0, 0.1) is 13.8 Å². The van der Waals surface area contributed by atoms with Gasteiger partial charge >= 0.3 is 0 Å². The number of rotatable bonds is 5. The Bertz CT molecular complexity index is 890. The number of aryl methyl sites for hydroxylation is 2. The Morgan fingerprint density at radius 3 is 2.68 bits per heavy atom. The van der Waals surface area contributed by atoms with E-state index in [4.69, 9.17) is 5.73 Å². The van der Waals surface area contributed by atoms with Crippen molar-refractivity contribution < 1.29 is 0 Å². The number of hydrogen-bond donors (Lipinski definition) is 1. The van der Waals surface area contributed by atoms with E-state index in [1.54, 1.807) is 11.2 Å². The van der Waals surface area contributed by atoms with Gasteiger partial charge < -0.3 is 10.6 Å². The Morgan fingerprint density at radius 1 is 1.16 bits per heavy atom. The third kappa shape index (κ3) is 3.87. The zero-order valence-electron chi connectivity index (χ0n) is 14.6. The van der Waals surface area contributed by atoms with Crippen LogP contribution in [-0.4, -0.2) is 43.8 Å². The van der Waals surface area contributed by atoms with Crippen molar-refractivity contribution in [3.8, 4) is 5.69 Å². The molecule has 3 aromatic rings. The number of thioether (sulfide) groups is 1. The maximum absolute atomic E-state index is 5.77. The molecule has 3 rings (SSSR count). The number of anilines is 2. The summed E-state index contributed by atoms with van der Waals surface area (Å²) in [6.07, 6.45) is 1.72. The first-order valence-corrected chi connectivity index (χ1v) is 8.71. The van der Waals surface area contributed by atoms with E-state index in [0.717, 1.165) is 10.8 Å². The SMILES string of the molecule is Cc1ccc(-n2cnnc2SCc2nc(N)nc(N(C)C)n2)c(C)c1. The highest BCUT2D eigenvalue weighted by Gasteiger charge is 2.12. The fourth-order valence-electron chi connectivity index (χ4n) is 2.38. The average molecular weight is 356 g/mol. The molecule has 8 nitrogen and oxygen atoms in total. The smallest absolute Gasteiger partial charge is 0.229 e. The molecular formula is C16H20N8S. The Labute approximate surface area is 150 Å². The van der Waals surface area contributed by atoms with Crippen molar-refractivity contribution in [2.24, 2.45) is 0 Å². The summed E-state index contributed by atoms with van der Waals surface area (Å²) in [6.45, 7) is 4.15. The summed E-state index contributed by atoms with van der Waals surface area (Å²) in [6, 6.07) is 6.29. The van der Waals surface area contributed by atoms with E-state index in [-0.39, 0.29) is 5.95 Å². The predicted octanol–water partition coefficient (Wildman–Crippen LogP) is 2.01. The maximum Gasteiger partial charge on any atom is 0.229 e. The lowest BCUT2D eigenvalue weighted by Crippen LogP contribution is -2.16. The van der Waals surface area contributed by atoms with Crippen LogP contribution in [0.3, 0.4) is 0 Å². The molecule has 1 aromatic carbocycles. The van der Waals surface area contributed by atoms with E-state index in [9.17, 15) is 0 Å². The number of nitrogen functional groups attached to an aromatic ring is 1. The Morgan fingerprint density at radius 2 is 1.96 bits per heavy atom. The van der Waals surface area contributed by atoms with E-state index in [2.05, 4.69) is 57.2 Å². The van der Waals surface area contributed by atoms with Crippen molar-refractivity contribution in [3.63, 3.8) is 0 Å². The second-order valence-electron chi connectivity index (χ2n) is 5.87. The van der Waals surface area contributed by atoms with Gasteiger partial charge in [-0.25, -0.2) is 0 Å². The normalized spacial score (nSPS) is 10.9. The van der Waals surface area contributed by atoms with E-state index in [1.165, 1.54) is 22.9 Å². The van der Waals surface area contributed by atoms with Gasteiger partial charge in [0.2, 0.25) is 11.9 Å². The van der Waals surface area contributed by atoms with Crippen molar-refractivity contribution in [1.82, 2.24) is 29.7 Å². The lowest BCUT2D eigenvalue weighted by atomic mass is 10.1. The number of hydrogen-bond acceptors (Lipinski definition) is 8. The van der Waals surface area contributed by atoms with Crippen LogP contribution in [0.4, 0.5) is 11.9 Å². The molecule has 0 radical (unpaired) electrons. The summed E-state index contributed by atoms with van der Waals surface area (Å²) in [5, 5.41) is 9.03. The van der Waals surface area contributed by atoms with E-state index in [1.807, 2.05) is 18.7 Å². The molecule has 0 saturated heterocycles. The lowest BCUT2D eigenvalue weighted by molar-refractivity contribution is 0.871. The molecular weight excluding hydrogens is 336 g/mol. The van der Waals surface area contributed by atoms with Gasteiger partial charge in [0.05, 0.1) is 11.4 Å². The van der Waals surface area contributed by atoms with Gasteiger partial charge in [-0.05, 0) is 25.5 Å². The minimum atomic E-state index is 0.213. The first-order valence-electron chi connectivity index (χ1n) is 7.72. The van der Waals surface area contributed by atoms with Gasteiger partial charge in [0.15, 0.2) is 5.16 Å². The van der Waals surface area contributed by atoms with Crippen LogP contribution in [0.25, 0.3) is 5.69 Å². The van der Waals surface area contributed by atoms with Crippen LogP contribution in [0.1, 0.15) is 17.0 Å². The highest BCUT2D eigenvalue weighted by atomic mass is 32.2. The van der Waals surface area contributed by atoms with Crippen molar-refractivity contribution in [3.05, 3.63) is 41.5 Å². The zero-order valence-corrected chi connectivity index (χ0v) is 15.4. The van der Waals surface area contributed by atoms with Crippen LogP contribution in [-0.2, 0) is 5.75 Å². The molecule has 0 aliphatic carbocycles. The summed E-state index contributed by atoms with van der Waals surface area (Å²) < 4.78 is 1.97. The highest BCUT2D eigenvalue weighted by molar-refractivity contribution is 7.98. The molecule has 2 heterocycles. The molecule has 2 N–H and O–H groups in total. The molecule has 0 aliphatic heterocycles. The largest absolute Gasteiger partial charge is 0.368 e. The Kier molecular flexibility index (Phi) is 4.84. The molecule has 0 aliphatic rings.